The van der Waals surface area contributed by atoms with Crippen molar-refractivity contribution in [1.29, 1.82) is 10.5 Å². The molecular weight excluding hydrogens is 761 g/mol. The predicted molar refractivity (Wildman–Crippen MR) is 251 cm³/mol. The third kappa shape index (κ3) is 6.18. The number of nitrogens with zero attached hydrogens (tertiary/aromatic N) is 4. The Bertz CT molecular complexity index is 3370. The number of furan rings is 2. The Balaban J connectivity index is 1.22. The van der Waals surface area contributed by atoms with Crippen molar-refractivity contribution in [3.8, 4) is 34.4 Å². The van der Waals surface area contributed by atoms with Crippen LogP contribution in [-0.2, 0) is 0 Å². The molecule has 8 aromatic carbocycles. The standard InChI is InChI=1S/C56H36N4O2/c57-35-37-21-25-39(26-22-37)51-53-47-31-29-45(59(41-13-5-1-6-14-41)42-15-7-2-8-16-42)33-49(47)61-55(53)52(40-27-23-38(36-58)24-28-40)54-48-32-30-46(34-50(48)62-56(51)54)60(43-17-9-3-10-18-43)44-19-11-4-12-20-44/h1-11,13-19,21-34H,12,20H2. The van der Waals surface area contributed by atoms with Crippen LogP contribution in [0.3, 0.4) is 0 Å². The van der Waals surface area contributed by atoms with Crippen LogP contribution in [0, 0.1) is 22.7 Å². The summed E-state index contributed by atoms with van der Waals surface area (Å²) in [4.78, 5) is 4.54. The van der Waals surface area contributed by atoms with Gasteiger partial charge in [0, 0.05) is 78.9 Å². The molecule has 0 saturated heterocycles. The maximum Gasteiger partial charge on any atom is 0.144 e. The molecule has 0 bridgehead atoms. The van der Waals surface area contributed by atoms with E-state index in [4.69, 9.17) is 8.83 Å². The molecule has 0 radical (unpaired) electrons. The summed E-state index contributed by atoms with van der Waals surface area (Å²) in [6.45, 7) is 0. The lowest BCUT2D eigenvalue weighted by molar-refractivity contribution is 0.665. The first-order chi connectivity index (χ1) is 30.7. The second kappa shape index (κ2) is 15.2. The van der Waals surface area contributed by atoms with E-state index in [-0.39, 0.29) is 0 Å². The molecule has 2 heterocycles. The Morgan fingerprint density at radius 1 is 0.452 bits per heavy atom. The molecule has 62 heavy (non-hydrogen) atoms. The summed E-state index contributed by atoms with van der Waals surface area (Å²) in [5.41, 5.74) is 13.8. The predicted octanol–water partition coefficient (Wildman–Crippen LogP) is 15.4. The number of benzene rings is 8. The molecule has 0 fully saturated rings. The van der Waals surface area contributed by atoms with Crippen molar-refractivity contribution in [2.24, 2.45) is 0 Å². The van der Waals surface area contributed by atoms with Gasteiger partial charge in [-0.1, -0.05) is 91.0 Å². The number of allylic oxidation sites excluding steroid dienone is 4. The molecule has 6 heteroatoms. The van der Waals surface area contributed by atoms with E-state index in [0.717, 1.165) is 90.7 Å². The van der Waals surface area contributed by atoms with E-state index in [1.165, 1.54) is 5.70 Å². The Kier molecular flexibility index (Phi) is 8.96. The highest BCUT2D eigenvalue weighted by Gasteiger charge is 2.28. The molecule has 0 aliphatic heterocycles. The molecule has 1 aliphatic rings. The van der Waals surface area contributed by atoms with E-state index in [9.17, 15) is 10.5 Å². The average molecular weight is 797 g/mol. The molecule has 0 spiro atoms. The summed E-state index contributed by atoms with van der Waals surface area (Å²) in [6, 6.07) is 63.9. The number of hydrogen-bond donors (Lipinski definition) is 0. The van der Waals surface area contributed by atoms with Crippen LogP contribution in [0.25, 0.3) is 66.1 Å². The van der Waals surface area contributed by atoms with E-state index in [1.54, 1.807) is 0 Å². The van der Waals surface area contributed by atoms with Gasteiger partial charge in [0.25, 0.3) is 0 Å². The summed E-state index contributed by atoms with van der Waals surface area (Å²) in [5.74, 6) is 0. The molecule has 0 saturated carbocycles. The van der Waals surface area contributed by atoms with Crippen molar-refractivity contribution in [2.45, 2.75) is 12.8 Å². The Hall–Kier alpha value is -8.58. The number of rotatable bonds is 8. The maximum atomic E-state index is 9.81. The highest BCUT2D eigenvalue weighted by molar-refractivity contribution is 6.30. The van der Waals surface area contributed by atoms with E-state index in [0.29, 0.717) is 27.9 Å². The quantitative estimate of drug-likeness (QED) is 0.152. The molecular formula is C56H36N4O2. The minimum Gasteiger partial charge on any atom is -0.455 e. The molecule has 0 atom stereocenters. The summed E-state index contributed by atoms with van der Waals surface area (Å²) in [6.07, 6.45) is 8.40. The molecule has 1 aliphatic carbocycles. The first-order valence-electron chi connectivity index (χ1n) is 20.7. The van der Waals surface area contributed by atoms with Gasteiger partial charge >= 0.3 is 0 Å². The molecule has 6 nitrogen and oxygen atoms in total. The van der Waals surface area contributed by atoms with Gasteiger partial charge in [-0.05, 0) is 115 Å². The van der Waals surface area contributed by atoms with Crippen LogP contribution in [0.1, 0.15) is 24.0 Å². The smallest absolute Gasteiger partial charge is 0.144 e. The lowest BCUT2D eigenvalue weighted by atomic mass is 9.90. The highest BCUT2D eigenvalue weighted by atomic mass is 16.3. The fraction of sp³-hybridized carbons (Fsp3) is 0.0357. The zero-order chi connectivity index (χ0) is 41.6. The Morgan fingerprint density at radius 2 is 0.887 bits per heavy atom. The average Bonchev–Trinajstić information content (AvgIpc) is 3.90. The maximum absolute atomic E-state index is 9.81. The normalized spacial score (nSPS) is 12.4. The zero-order valence-corrected chi connectivity index (χ0v) is 33.5. The second-order valence-corrected chi connectivity index (χ2v) is 15.4. The van der Waals surface area contributed by atoms with Crippen molar-refractivity contribution in [1.82, 2.24) is 0 Å². The summed E-state index contributed by atoms with van der Waals surface area (Å²) < 4.78 is 14.4. The van der Waals surface area contributed by atoms with Crippen LogP contribution in [0.4, 0.5) is 28.4 Å². The van der Waals surface area contributed by atoms with Crippen LogP contribution >= 0.6 is 0 Å². The highest BCUT2D eigenvalue weighted by Crippen LogP contribution is 2.52. The minimum atomic E-state index is 0.571. The van der Waals surface area contributed by atoms with Gasteiger partial charge in [-0.15, -0.1) is 0 Å². The topological polar surface area (TPSA) is 80.3 Å². The molecule has 11 rings (SSSR count). The molecule has 0 N–H and O–H groups in total. The van der Waals surface area contributed by atoms with Gasteiger partial charge in [0.05, 0.1) is 23.3 Å². The lowest BCUT2D eigenvalue weighted by Crippen LogP contribution is -2.17. The van der Waals surface area contributed by atoms with E-state index in [2.05, 4.69) is 125 Å². The van der Waals surface area contributed by atoms with Gasteiger partial charge in [0.2, 0.25) is 0 Å². The minimum absolute atomic E-state index is 0.571. The Morgan fingerprint density at radius 3 is 1.31 bits per heavy atom. The van der Waals surface area contributed by atoms with Crippen molar-refractivity contribution < 1.29 is 8.83 Å². The molecule has 0 amide bonds. The molecule has 292 valence electrons. The molecule has 10 aromatic rings. The largest absolute Gasteiger partial charge is 0.455 e. The zero-order valence-electron chi connectivity index (χ0n) is 33.5. The summed E-state index contributed by atoms with van der Waals surface area (Å²) >= 11 is 0. The lowest BCUT2D eigenvalue weighted by Gasteiger charge is -2.28. The van der Waals surface area contributed by atoms with Crippen molar-refractivity contribution in [2.75, 3.05) is 9.80 Å². The third-order valence-electron chi connectivity index (χ3n) is 11.7. The summed E-state index contributed by atoms with van der Waals surface area (Å²) in [7, 11) is 0. The van der Waals surface area contributed by atoms with Gasteiger partial charge in [-0.2, -0.15) is 10.5 Å². The monoisotopic (exact) mass is 796 g/mol. The SMILES string of the molecule is N#Cc1ccc(-c2c3oc4cc(N(c5ccccc5)c5ccccc5)ccc4c3c(-c3ccc(C#N)cc3)c3oc4cc(N(C5=CC=CCC5)c5ccccc5)ccc4c23)cc1. The first kappa shape index (κ1) is 36.5. The number of fused-ring (bicyclic) bond motifs is 6. The number of nitriles is 2. The van der Waals surface area contributed by atoms with Crippen LogP contribution < -0.4 is 9.80 Å². The number of anilines is 5. The fourth-order valence-corrected chi connectivity index (χ4v) is 8.93. The Labute approximate surface area is 358 Å². The van der Waals surface area contributed by atoms with E-state index >= 15 is 0 Å². The second-order valence-electron chi connectivity index (χ2n) is 15.4. The van der Waals surface area contributed by atoms with Crippen LogP contribution in [0.5, 0.6) is 0 Å². The fourth-order valence-electron chi connectivity index (χ4n) is 8.93. The van der Waals surface area contributed by atoms with Gasteiger partial charge in [0.1, 0.15) is 22.3 Å². The van der Waals surface area contributed by atoms with Crippen molar-refractivity contribution in [3.63, 3.8) is 0 Å². The van der Waals surface area contributed by atoms with Crippen LogP contribution in [-0.4, -0.2) is 0 Å². The summed E-state index contributed by atoms with van der Waals surface area (Å²) in [5, 5.41) is 23.3. The van der Waals surface area contributed by atoms with Crippen LogP contribution in [0.2, 0.25) is 0 Å². The third-order valence-corrected chi connectivity index (χ3v) is 11.7. The van der Waals surface area contributed by atoms with Gasteiger partial charge in [0.15, 0.2) is 0 Å². The van der Waals surface area contributed by atoms with Gasteiger partial charge in [-0.25, -0.2) is 0 Å². The van der Waals surface area contributed by atoms with E-state index < -0.39 is 0 Å². The molecule has 0 unspecified atom stereocenters. The first-order valence-corrected chi connectivity index (χ1v) is 20.7. The van der Waals surface area contributed by atoms with Gasteiger partial charge < -0.3 is 18.6 Å². The van der Waals surface area contributed by atoms with Crippen molar-refractivity contribution in [3.05, 3.63) is 211 Å². The van der Waals surface area contributed by atoms with Crippen molar-refractivity contribution >= 4 is 72.3 Å². The number of para-hydroxylation sites is 3. The van der Waals surface area contributed by atoms with Gasteiger partial charge in [-0.3, -0.25) is 0 Å². The van der Waals surface area contributed by atoms with E-state index in [1.807, 2.05) is 91.0 Å². The number of hydrogen-bond acceptors (Lipinski definition) is 6. The van der Waals surface area contributed by atoms with Crippen LogP contribution in [0.15, 0.2) is 209 Å². The molecule has 2 aromatic heterocycles.